The van der Waals surface area contributed by atoms with Gasteiger partial charge in [-0.25, -0.2) is 4.79 Å². The molecule has 1 atom stereocenters. The van der Waals surface area contributed by atoms with Gasteiger partial charge in [0.2, 0.25) is 0 Å². The maximum absolute atomic E-state index is 11.0. The van der Waals surface area contributed by atoms with E-state index < -0.39 is 12.2 Å². The maximum Gasteiger partial charge on any atom is 0.405 e. The van der Waals surface area contributed by atoms with Crippen molar-refractivity contribution >= 4 is 24.4 Å². The van der Waals surface area contributed by atoms with Gasteiger partial charge in [0.05, 0.1) is 7.05 Å². The third-order valence-corrected chi connectivity index (χ3v) is 2.54. The van der Waals surface area contributed by atoms with Crippen LogP contribution < -0.4 is 5.73 Å². The minimum atomic E-state index is -0.914. The first-order chi connectivity index (χ1) is 9.08. The van der Waals surface area contributed by atoms with E-state index in [9.17, 15) is 4.79 Å². The Bertz CT molecular complexity index is 480. The largest absolute Gasteiger partial charge is 0.439 e. The smallest absolute Gasteiger partial charge is 0.405 e. The molecule has 19 heavy (non-hydrogen) atoms. The third kappa shape index (κ3) is 4.55. The second kappa shape index (κ2) is 7.32. The maximum atomic E-state index is 11.0. The summed E-state index contributed by atoms with van der Waals surface area (Å²) in [6.07, 6.45) is -1.63. The van der Waals surface area contributed by atoms with Gasteiger partial charge in [-0.15, -0.1) is 0 Å². The first-order valence-corrected chi connectivity index (χ1v) is 5.70. The molecule has 0 aliphatic carbocycles. The summed E-state index contributed by atoms with van der Waals surface area (Å²) in [5.74, 6) is 0. The highest BCUT2D eigenvalue weighted by atomic mass is 35.5. The molecule has 0 saturated carbocycles. The van der Waals surface area contributed by atoms with Crippen molar-refractivity contribution in [1.82, 2.24) is 5.12 Å². The molecular weight excluding hydrogens is 270 g/mol. The SMILES string of the molecule is C=NN(C[C@H](OC(N)=O)c1ccccc1Cl)/N=N\C. The highest BCUT2D eigenvalue weighted by molar-refractivity contribution is 6.31. The van der Waals surface area contributed by atoms with E-state index in [0.717, 1.165) is 0 Å². The van der Waals surface area contributed by atoms with E-state index in [0.29, 0.717) is 10.6 Å². The number of carbonyl (C=O) groups excluding carboxylic acids is 1. The quantitative estimate of drug-likeness (QED) is 0.493. The molecule has 0 saturated heterocycles. The lowest BCUT2D eigenvalue weighted by atomic mass is 10.1. The topological polar surface area (TPSA) is 92.6 Å². The molecule has 0 radical (unpaired) electrons. The number of nitrogens with zero attached hydrogens (tertiary/aromatic N) is 4. The minimum Gasteiger partial charge on any atom is -0.439 e. The molecule has 0 bridgehead atoms. The van der Waals surface area contributed by atoms with Crippen LogP contribution >= 0.6 is 11.6 Å². The third-order valence-electron chi connectivity index (χ3n) is 2.20. The van der Waals surface area contributed by atoms with Crippen LogP contribution in [-0.2, 0) is 4.74 Å². The molecule has 0 aliphatic heterocycles. The van der Waals surface area contributed by atoms with Gasteiger partial charge in [0.1, 0.15) is 6.54 Å². The summed E-state index contributed by atoms with van der Waals surface area (Å²) in [4.78, 5) is 11.0. The molecule has 0 aliphatic rings. The van der Waals surface area contributed by atoms with E-state index in [2.05, 4.69) is 22.2 Å². The molecule has 1 rings (SSSR count). The number of primary amides is 1. The Labute approximate surface area is 115 Å². The van der Waals surface area contributed by atoms with Crippen LogP contribution in [0.3, 0.4) is 0 Å². The Morgan fingerprint density at radius 3 is 2.79 bits per heavy atom. The van der Waals surface area contributed by atoms with Crippen LogP contribution in [0.4, 0.5) is 4.79 Å². The number of carbonyl (C=O) groups is 1. The average molecular weight is 284 g/mol. The molecule has 8 heteroatoms. The number of hydrogen-bond donors (Lipinski definition) is 1. The summed E-state index contributed by atoms with van der Waals surface area (Å²) < 4.78 is 5.02. The van der Waals surface area contributed by atoms with E-state index >= 15 is 0 Å². The van der Waals surface area contributed by atoms with Crippen molar-refractivity contribution in [3.63, 3.8) is 0 Å². The standard InChI is InChI=1S/C11H14ClN5O2/c1-14-16-17(15-2)7-10(19-11(13)18)8-5-3-4-6-9(8)12/h3-6,10H,2,7H2,1H3,(H2,13,18)/b16-14-/t10-/m0/s1. The Morgan fingerprint density at radius 1 is 1.58 bits per heavy atom. The molecule has 1 aromatic rings. The van der Waals surface area contributed by atoms with Gasteiger partial charge in [0.15, 0.2) is 6.10 Å². The van der Waals surface area contributed by atoms with Crippen molar-refractivity contribution in [1.29, 1.82) is 0 Å². The lowest BCUT2D eigenvalue weighted by Crippen LogP contribution is -2.25. The van der Waals surface area contributed by atoms with E-state index in [1.165, 1.54) is 12.2 Å². The van der Waals surface area contributed by atoms with Crippen molar-refractivity contribution in [2.45, 2.75) is 6.10 Å². The van der Waals surface area contributed by atoms with Gasteiger partial charge in [-0.1, -0.05) is 35.0 Å². The molecule has 0 heterocycles. The van der Waals surface area contributed by atoms with Gasteiger partial charge in [-0.2, -0.15) is 15.3 Å². The van der Waals surface area contributed by atoms with Crippen LogP contribution in [0.25, 0.3) is 0 Å². The van der Waals surface area contributed by atoms with Gasteiger partial charge in [-0.05, 0) is 6.07 Å². The molecule has 0 fully saturated rings. The van der Waals surface area contributed by atoms with Crippen LogP contribution in [0, 0.1) is 0 Å². The predicted molar refractivity (Wildman–Crippen MR) is 71.9 cm³/mol. The molecule has 102 valence electrons. The highest BCUT2D eigenvalue weighted by Gasteiger charge is 2.21. The molecule has 2 N–H and O–H groups in total. The van der Waals surface area contributed by atoms with Crippen molar-refractivity contribution in [2.24, 2.45) is 21.2 Å². The minimum absolute atomic E-state index is 0.105. The fourth-order valence-electron chi connectivity index (χ4n) is 1.45. The van der Waals surface area contributed by atoms with Crippen LogP contribution in [-0.4, -0.2) is 31.5 Å². The second-order valence-corrected chi connectivity index (χ2v) is 3.84. The van der Waals surface area contributed by atoms with Crippen molar-refractivity contribution in [2.75, 3.05) is 13.6 Å². The fraction of sp³-hybridized carbons (Fsp3) is 0.273. The molecule has 0 spiro atoms. The molecule has 0 aromatic heterocycles. The Kier molecular flexibility index (Phi) is 5.74. The summed E-state index contributed by atoms with van der Waals surface area (Å²) in [7, 11) is 1.48. The lowest BCUT2D eigenvalue weighted by Gasteiger charge is -2.21. The van der Waals surface area contributed by atoms with E-state index in [-0.39, 0.29) is 6.54 Å². The molecule has 7 nitrogen and oxygen atoms in total. The number of benzene rings is 1. The number of ether oxygens (including phenoxy) is 1. The van der Waals surface area contributed by atoms with Gasteiger partial charge in [-0.3, -0.25) is 0 Å². The molecular formula is C11H14ClN5O2. The number of hydrogen-bond acceptors (Lipinski definition) is 5. The normalized spacial score (nSPS) is 12.1. The Hall–Kier alpha value is -2.15. The van der Waals surface area contributed by atoms with Crippen LogP contribution in [0.1, 0.15) is 11.7 Å². The Morgan fingerprint density at radius 2 is 2.26 bits per heavy atom. The van der Waals surface area contributed by atoms with Crippen LogP contribution in [0.5, 0.6) is 0 Å². The van der Waals surface area contributed by atoms with Crippen LogP contribution in [0.15, 0.2) is 39.7 Å². The lowest BCUT2D eigenvalue weighted by molar-refractivity contribution is 0.0756. The summed E-state index contributed by atoms with van der Waals surface area (Å²) in [5, 5.41) is 12.5. The second-order valence-electron chi connectivity index (χ2n) is 3.43. The molecule has 0 unspecified atom stereocenters. The highest BCUT2D eigenvalue weighted by Crippen LogP contribution is 2.26. The van der Waals surface area contributed by atoms with Crippen molar-refractivity contribution in [3.05, 3.63) is 34.9 Å². The fourth-order valence-corrected chi connectivity index (χ4v) is 1.71. The van der Waals surface area contributed by atoms with Gasteiger partial charge >= 0.3 is 6.09 Å². The van der Waals surface area contributed by atoms with E-state index in [1.54, 1.807) is 24.3 Å². The number of rotatable bonds is 6. The van der Waals surface area contributed by atoms with E-state index in [1.807, 2.05) is 0 Å². The molecule has 1 aromatic carbocycles. The van der Waals surface area contributed by atoms with Gasteiger partial charge in [0, 0.05) is 17.3 Å². The summed E-state index contributed by atoms with van der Waals surface area (Å²) >= 11 is 6.06. The number of nitrogens with two attached hydrogens (primary N) is 1. The van der Waals surface area contributed by atoms with Gasteiger partial charge in [0.25, 0.3) is 0 Å². The zero-order chi connectivity index (χ0) is 14.3. The predicted octanol–water partition coefficient (Wildman–Crippen LogP) is 2.39. The zero-order valence-electron chi connectivity index (χ0n) is 10.4. The zero-order valence-corrected chi connectivity index (χ0v) is 11.1. The molecule has 1 amide bonds. The summed E-state index contributed by atoms with van der Waals surface area (Å²) in [5.41, 5.74) is 5.65. The number of halogens is 1. The summed E-state index contributed by atoms with van der Waals surface area (Å²) in [6.45, 7) is 3.45. The number of hydrazone groups is 1. The summed E-state index contributed by atoms with van der Waals surface area (Å²) in [6, 6.07) is 6.94. The average Bonchev–Trinajstić information content (AvgIpc) is 2.37. The number of amides is 1. The van der Waals surface area contributed by atoms with E-state index in [4.69, 9.17) is 22.1 Å². The van der Waals surface area contributed by atoms with Crippen LogP contribution in [0.2, 0.25) is 5.02 Å². The first-order valence-electron chi connectivity index (χ1n) is 5.33. The van der Waals surface area contributed by atoms with Crippen molar-refractivity contribution in [3.8, 4) is 0 Å². The Balaban J connectivity index is 2.98. The monoisotopic (exact) mass is 283 g/mol. The van der Waals surface area contributed by atoms with Crippen molar-refractivity contribution < 1.29 is 9.53 Å². The first kappa shape index (κ1) is 14.9. The van der Waals surface area contributed by atoms with Gasteiger partial charge < -0.3 is 10.5 Å².